The number of carbonyl (C=O) groups is 1. The number of hydrogen-bond donors (Lipinski definition) is 0. The van der Waals surface area contributed by atoms with Crippen LogP contribution in [0, 0.1) is 5.92 Å². The average Bonchev–Trinajstić information content (AvgIpc) is 2.58. The second-order valence-electron chi connectivity index (χ2n) is 6.56. The van der Waals surface area contributed by atoms with Crippen molar-refractivity contribution in [2.45, 2.75) is 38.6 Å². The molecule has 1 saturated carbocycles. The summed E-state index contributed by atoms with van der Waals surface area (Å²) in [6.45, 7) is 4.65. The van der Waals surface area contributed by atoms with Crippen LogP contribution >= 0.6 is 11.6 Å². The van der Waals surface area contributed by atoms with E-state index < -0.39 is 0 Å². The van der Waals surface area contributed by atoms with E-state index in [0.717, 1.165) is 50.6 Å². The molecule has 1 aliphatic carbocycles. The fourth-order valence-electron chi connectivity index (χ4n) is 3.58. The van der Waals surface area contributed by atoms with Crippen LogP contribution in [0.3, 0.4) is 0 Å². The minimum Gasteiger partial charge on any atom is -0.340 e. The van der Waals surface area contributed by atoms with Gasteiger partial charge in [0.05, 0.1) is 0 Å². The first-order chi connectivity index (χ1) is 10.7. The van der Waals surface area contributed by atoms with Crippen LogP contribution in [0.4, 0.5) is 0 Å². The van der Waals surface area contributed by atoms with Crippen molar-refractivity contribution in [2.24, 2.45) is 5.92 Å². The van der Waals surface area contributed by atoms with Crippen LogP contribution in [0.2, 0.25) is 5.02 Å². The van der Waals surface area contributed by atoms with E-state index >= 15 is 0 Å². The van der Waals surface area contributed by atoms with Gasteiger partial charge in [-0.25, -0.2) is 0 Å². The summed E-state index contributed by atoms with van der Waals surface area (Å²) < 4.78 is 0. The Labute approximate surface area is 138 Å². The van der Waals surface area contributed by atoms with Crippen LogP contribution in [-0.4, -0.2) is 41.9 Å². The van der Waals surface area contributed by atoms with E-state index in [0.29, 0.717) is 11.8 Å². The van der Waals surface area contributed by atoms with Gasteiger partial charge in [0.25, 0.3) is 0 Å². The van der Waals surface area contributed by atoms with Gasteiger partial charge in [0.2, 0.25) is 5.91 Å². The van der Waals surface area contributed by atoms with Crippen LogP contribution in [0.15, 0.2) is 24.3 Å². The molecule has 1 saturated heterocycles. The van der Waals surface area contributed by atoms with Crippen LogP contribution in [0.1, 0.15) is 37.7 Å². The fourth-order valence-corrected chi connectivity index (χ4v) is 3.71. The van der Waals surface area contributed by atoms with E-state index in [9.17, 15) is 4.79 Å². The number of carbonyl (C=O) groups excluding carboxylic acids is 1. The van der Waals surface area contributed by atoms with E-state index in [1.807, 2.05) is 12.1 Å². The third kappa shape index (κ3) is 4.02. The molecule has 0 spiro atoms. The van der Waals surface area contributed by atoms with Gasteiger partial charge >= 0.3 is 0 Å². The number of nitrogens with zero attached hydrogens (tertiary/aromatic N) is 2. The highest BCUT2D eigenvalue weighted by atomic mass is 35.5. The lowest BCUT2D eigenvalue weighted by Gasteiger charge is -2.37. The lowest BCUT2D eigenvalue weighted by molar-refractivity contribution is -0.138. The number of benzene rings is 1. The zero-order valence-corrected chi connectivity index (χ0v) is 13.9. The lowest BCUT2D eigenvalue weighted by Crippen LogP contribution is -2.50. The Kier molecular flexibility index (Phi) is 5.37. The van der Waals surface area contributed by atoms with Gasteiger partial charge in [-0.2, -0.15) is 0 Å². The Bertz CT molecular complexity index is 488. The Hall–Kier alpha value is -1.06. The number of halogens is 1. The summed E-state index contributed by atoms with van der Waals surface area (Å²) in [7, 11) is 0. The first-order valence-electron chi connectivity index (χ1n) is 8.48. The Morgan fingerprint density at radius 3 is 2.27 bits per heavy atom. The predicted octanol–water partition coefficient (Wildman–Crippen LogP) is 3.56. The summed E-state index contributed by atoms with van der Waals surface area (Å²) in [5, 5.41) is 0.784. The molecule has 0 unspecified atom stereocenters. The Balaban J connectivity index is 1.47. The molecule has 22 heavy (non-hydrogen) atoms. The monoisotopic (exact) mass is 320 g/mol. The second-order valence-corrected chi connectivity index (χ2v) is 7.00. The minimum atomic E-state index is 0.302. The number of piperazine rings is 1. The number of amides is 1. The molecule has 120 valence electrons. The van der Waals surface area contributed by atoms with E-state index in [1.54, 1.807) is 0 Å². The van der Waals surface area contributed by atoms with Crippen molar-refractivity contribution >= 4 is 17.5 Å². The summed E-state index contributed by atoms with van der Waals surface area (Å²) >= 11 is 5.92. The SMILES string of the molecule is O=C(C1CCCCC1)N1CCN(Cc2ccc(Cl)cc2)CC1. The topological polar surface area (TPSA) is 23.6 Å². The van der Waals surface area contributed by atoms with Crippen molar-refractivity contribution < 1.29 is 4.79 Å². The molecule has 4 heteroatoms. The standard InChI is InChI=1S/C18H25ClN2O/c19-17-8-6-15(7-9-17)14-20-10-12-21(13-11-20)18(22)16-4-2-1-3-5-16/h6-9,16H,1-5,10-14H2. The average molecular weight is 321 g/mol. The Morgan fingerprint density at radius 2 is 1.64 bits per heavy atom. The molecule has 0 bridgehead atoms. The van der Waals surface area contributed by atoms with Crippen molar-refractivity contribution in [1.29, 1.82) is 0 Å². The molecule has 0 atom stereocenters. The van der Waals surface area contributed by atoms with Gasteiger partial charge < -0.3 is 4.90 Å². The zero-order chi connectivity index (χ0) is 15.4. The van der Waals surface area contributed by atoms with Gasteiger partial charge in [0, 0.05) is 43.7 Å². The molecule has 1 aromatic carbocycles. The number of rotatable bonds is 3. The summed E-state index contributed by atoms with van der Waals surface area (Å²) in [5.74, 6) is 0.711. The highest BCUT2D eigenvalue weighted by molar-refractivity contribution is 6.30. The molecule has 3 nitrogen and oxygen atoms in total. The maximum atomic E-state index is 12.5. The van der Waals surface area contributed by atoms with Gasteiger partial charge in [0.1, 0.15) is 0 Å². The van der Waals surface area contributed by atoms with Crippen molar-refractivity contribution in [3.63, 3.8) is 0 Å². The minimum absolute atomic E-state index is 0.302. The first kappa shape index (κ1) is 15.8. The summed E-state index contributed by atoms with van der Waals surface area (Å²) in [6, 6.07) is 8.06. The third-order valence-electron chi connectivity index (χ3n) is 4.96. The molecule has 1 aromatic rings. The maximum absolute atomic E-state index is 12.5. The molecule has 3 rings (SSSR count). The van der Waals surface area contributed by atoms with Gasteiger partial charge in [-0.3, -0.25) is 9.69 Å². The largest absolute Gasteiger partial charge is 0.340 e. The van der Waals surface area contributed by atoms with Crippen molar-refractivity contribution in [3.8, 4) is 0 Å². The summed E-state index contributed by atoms with van der Waals surface area (Å²) in [5.41, 5.74) is 1.29. The molecule has 0 aromatic heterocycles. The Morgan fingerprint density at radius 1 is 1.00 bits per heavy atom. The molecule has 1 aliphatic heterocycles. The van der Waals surface area contributed by atoms with E-state index in [1.165, 1.54) is 24.8 Å². The normalized spacial score (nSPS) is 21.0. The molecule has 0 radical (unpaired) electrons. The van der Waals surface area contributed by atoms with E-state index in [2.05, 4.69) is 21.9 Å². The fraction of sp³-hybridized carbons (Fsp3) is 0.611. The molecule has 2 fully saturated rings. The zero-order valence-electron chi connectivity index (χ0n) is 13.1. The third-order valence-corrected chi connectivity index (χ3v) is 5.21. The van der Waals surface area contributed by atoms with Crippen LogP contribution in [0.5, 0.6) is 0 Å². The molecular formula is C18H25ClN2O. The first-order valence-corrected chi connectivity index (χ1v) is 8.86. The number of hydrogen-bond acceptors (Lipinski definition) is 2. The van der Waals surface area contributed by atoms with Crippen LogP contribution < -0.4 is 0 Å². The van der Waals surface area contributed by atoms with Crippen molar-refractivity contribution in [2.75, 3.05) is 26.2 Å². The summed E-state index contributed by atoms with van der Waals surface area (Å²) in [4.78, 5) is 17.1. The van der Waals surface area contributed by atoms with Crippen LogP contribution in [0.25, 0.3) is 0 Å². The van der Waals surface area contributed by atoms with Crippen molar-refractivity contribution in [1.82, 2.24) is 9.80 Å². The molecule has 2 aliphatic rings. The van der Waals surface area contributed by atoms with Crippen molar-refractivity contribution in [3.05, 3.63) is 34.9 Å². The van der Waals surface area contributed by atoms with Gasteiger partial charge in [-0.05, 0) is 30.5 Å². The molecule has 1 amide bonds. The highest BCUT2D eigenvalue weighted by Crippen LogP contribution is 2.26. The van der Waals surface area contributed by atoms with Gasteiger partial charge in [0.15, 0.2) is 0 Å². The van der Waals surface area contributed by atoms with E-state index in [-0.39, 0.29) is 0 Å². The summed E-state index contributed by atoms with van der Waals surface area (Å²) in [6.07, 6.45) is 5.96. The van der Waals surface area contributed by atoms with E-state index in [4.69, 9.17) is 11.6 Å². The maximum Gasteiger partial charge on any atom is 0.225 e. The quantitative estimate of drug-likeness (QED) is 0.850. The van der Waals surface area contributed by atoms with Gasteiger partial charge in [-0.1, -0.05) is 43.0 Å². The van der Waals surface area contributed by atoms with Crippen LogP contribution in [-0.2, 0) is 11.3 Å². The molecule has 0 N–H and O–H groups in total. The predicted molar refractivity (Wildman–Crippen MR) is 89.9 cm³/mol. The lowest BCUT2D eigenvalue weighted by atomic mass is 9.88. The molecular weight excluding hydrogens is 296 g/mol. The smallest absolute Gasteiger partial charge is 0.225 e. The van der Waals surface area contributed by atoms with Gasteiger partial charge in [-0.15, -0.1) is 0 Å². The second kappa shape index (κ2) is 7.47. The highest BCUT2D eigenvalue weighted by Gasteiger charge is 2.28. The molecule has 1 heterocycles.